The standard InChI is InChI=1S/C5H14NOP/c1-6(2,3)4-5(7)8/h5,7-8H,4H2,1-3H3. The highest BCUT2D eigenvalue weighted by Crippen LogP contribution is 1.99. The molecule has 0 aromatic rings. The Balaban J connectivity index is 3.39. The average Bonchev–Trinajstić information content (AvgIpc) is 1.21. The molecule has 0 aliphatic carbocycles. The Kier molecular flexibility index (Phi) is 2.89. The minimum Gasteiger partial charge on any atom is -0.520 e. The van der Waals surface area contributed by atoms with Gasteiger partial charge in [-0.05, 0) is 5.85 Å². The molecule has 0 aromatic heterocycles. The molecule has 50 valence electrons. The summed E-state index contributed by atoms with van der Waals surface area (Å²) in [6.07, 6.45) is 0. The van der Waals surface area contributed by atoms with Crippen LogP contribution >= 0.6 is 9.24 Å². The molecule has 1 N–H and O–H groups in total. The van der Waals surface area contributed by atoms with Crippen LogP contribution in [0.2, 0.25) is 0 Å². The maximum atomic E-state index is 8.79. The van der Waals surface area contributed by atoms with E-state index in [4.69, 9.17) is 5.11 Å². The summed E-state index contributed by atoms with van der Waals surface area (Å²) in [5.41, 5.74) is 0. The van der Waals surface area contributed by atoms with Crippen molar-refractivity contribution >= 4 is 9.24 Å². The predicted molar refractivity (Wildman–Crippen MR) is 37.2 cm³/mol. The Morgan fingerprint density at radius 3 is 1.88 bits per heavy atom. The summed E-state index contributed by atoms with van der Waals surface area (Å²) in [6.45, 7) is 0.733. The maximum absolute atomic E-state index is 8.79. The van der Waals surface area contributed by atoms with Gasteiger partial charge in [0.15, 0.2) is 0 Å². The van der Waals surface area contributed by atoms with Crippen LogP contribution in [0.1, 0.15) is 0 Å². The van der Waals surface area contributed by atoms with E-state index in [0.29, 0.717) is 0 Å². The summed E-state index contributed by atoms with van der Waals surface area (Å²) in [7, 11) is 9.19. The van der Waals surface area contributed by atoms with E-state index in [2.05, 4.69) is 9.24 Å². The summed E-state index contributed by atoms with van der Waals surface area (Å²) < 4.78 is 0.782. The lowest BCUT2D eigenvalue weighted by molar-refractivity contribution is -0.871. The summed E-state index contributed by atoms with van der Waals surface area (Å²) >= 11 is 0. The van der Waals surface area contributed by atoms with Crippen molar-refractivity contribution in [3.05, 3.63) is 0 Å². The van der Waals surface area contributed by atoms with Crippen LogP contribution < -0.4 is 0 Å². The Morgan fingerprint density at radius 1 is 1.50 bits per heavy atom. The number of aliphatic hydroxyl groups excluding tert-OH is 1. The van der Waals surface area contributed by atoms with Crippen molar-refractivity contribution in [3.63, 3.8) is 0 Å². The molecular weight excluding hydrogens is 121 g/mol. The van der Waals surface area contributed by atoms with Crippen molar-refractivity contribution in [2.24, 2.45) is 0 Å². The van der Waals surface area contributed by atoms with Gasteiger partial charge >= 0.3 is 0 Å². The zero-order valence-corrected chi connectivity index (χ0v) is 6.68. The zero-order chi connectivity index (χ0) is 6.78. The van der Waals surface area contributed by atoms with Gasteiger partial charge in [0.1, 0.15) is 0 Å². The second-order valence-electron chi connectivity index (χ2n) is 2.99. The van der Waals surface area contributed by atoms with Gasteiger partial charge in [-0.1, -0.05) is 0 Å². The Morgan fingerprint density at radius 2 is 1.88 bits per heavy atom. The molecule has 0 heterocycles. The van der Waals surface area contributed by atoms with E-state index in [1.165, 1.54) is 0 Å². The van der Waals surface area contributed by atoms with E-state index in [1.54, 1.807) is 0 Å². The zero-order valence-electron chi connectivity index (χ0n) is 5.68. The van der Waals surface area contributed by atoms with E-state index in [0.717, 1.165) is 11.0 Å². The molecule has 0 rings (SSSR count). The summed E-state index contributed by atoms with van der Waals surface area (Å²) in [5, 5.41) is 8.79. The highest BCUT2D eigenvalue weighted by atomic mass is 31.0. The molecule has 0 aromatic carbocycles. The van der Waals surface area contributed by atoms with Gasteiger partial charge in [0.05, 0.1) is 27.7 Å². The van der Waals surface area contributed by atoms with E-state index in [1.807, 2.05) is 21.1 Å². The lowest BCUT2D eigenvalue weighted by Gasteiger charge is -2.28. The van der Waals surface area contributed by atoms with Gasteiger partial charge in [-0.15, -0.1) is 0 Å². The van der Waals surface area contributed by atoms with Crippen molar-refractivity contribution in [1.82, 2.24) is 0 Å². The lowest BCUT2D eigenvalue weighted by atomic mass is 10.5. The fourth-order valence-electron chi connectivity index (χ4n) is 0.519. The minimum atomic E-state index is -0.380. The van der Waals surface area contributed by atoms with Crippen molar-refractivity contribution in [2.45, 2.75) is 5.85 Å². The summed E-state index contributed by atoms with van der Waals surface area (Å²) in [4.78, 5) is 0. The van der Waals surface area contributed by atoms with Gasteiger partial charge in [0.25, 0.3) is 0 Å². The van der Waals surface area contributed by atoms with Gasteiger partial charge < -0.3 is 18.8 Å². The molecule has 1 atom stereocenters. The number of hydrogen-bond donors (Lipinski definition) is 1. The van der Waals surface area contributed by atoms with E-state index in [9.17, 15) is 0 Å². The molecule has 2 nitrogen and oxygen atoms in total. The highest BCUT2D eigenvalue weighted by Gasteiger charge is 2.04. The Bertz CT molecular complexity index is 67.3. The summed E-state index contributed by atoms with van der Waals surface area (Å²) in [6, 6.07) is 0. The molecule has 8 heavy (non-hydrogen) atoms. The number of nitrogens with zero attached hydrogens (tertiary/aromatic N) is 1. The molecule has 1 unspecified atom stereocenters. The molecule has 0 amide bonds. The smallest absolute Gasteiger partial charge is 0.0767 e. The molecule has 0 spiro atoms. The molecule has 0 saturated heterocycles. The van der Waals surface area contributed by atoms with Crippen LogP contribution in [0.25, 0.3) is 0 Å². The van der Waals surface area contributed by atoms with Gasteiger partial charge in [0, 0.05) is 0 Å². The number of likely N-dealkylation sites (N-methyl/N-ethyl adjacent to an activating group) is 1. The molecule has 0 bridgehead atoms. The Labute approximate surface area is 53.3 Å². The average molecular weight is 135 g/mol. The molecule has 0 saturated carbocycles. The SMILES string of the molecule is C[N+](C)(C)CC(O)[PH-]. The van der Waals surface area contributed by atoms with E-state index < -0.39 is 0 Å². The lowest BCUT2D eigenvalue weighted by Crippen LogP contribution is -2.39. The minimum absolute atomic E-state index is 0.380. The molecule has 0 aliphatic rings. The second-order valence-corrected chi connectivity index (χ2v) is 3.66. The van der Waals surface area contributed by atoms with E-state index >= 15 is 0 Å². The van der Waals surface area contributed by atoms with Crippen molar-refractivity contribution < 1.29 is 9.59 Å². The first-order chi connectivity index (χ1) is 3.42. The van der Waals surface area contributed by atoms with Gasteiger partial charge in [-0.25, -0.2) is 0 Å². The largest absolute Gasteiger partial charge is 0.520 e. The van der Waals surface area contributed by atoms with Crippen LogP contribution in [-0.2, 0) is 0 Å². The quantitative estimate of drug-likeness (QED) is 0.422. The number of quaternary nitrogens is 1. The first-order valence-corrected chi connectivity index (χ1v) is 3.19. The van der Waals surface area contributed by atoms with Crippen LogP contribution in [-0.4, -0.2) is 43.1 Å². The molecule has 0 radical (unpaired) electrons. The van der Waals surface area contributed by atoms with E-state index in [-0.39, 0.29) is 5.85 Å². The number of aliphatic hydroxyl groups is 1. The first kappa shape index (κ1) is 8.35. The normalized spacial score (nSPS) is 16.1. The molecule has 3 heteroatoms. The molecule has 0 aliphatic heterocycles. The number of hydrogen-bond acceptors (Lipinski definition) is 1. The third-order valence-corrected chi connectivity index (χ3v) is 0.903. The topological polar surface area (TPSA) is 20.2 Å². The fourth-order valence-corrected chi connectivity index (χ4v) is 1.07. The van der Waals surface area contributed by atoms with Crippen molar-refractivity contribution in [2.75, 3.05) is 27.7 Å². The molecule has 0 fully saturated rings. The highest BCUT2D eigenvalue weighted by molar-refractivity contribution is 7.17. The summed E-state index contributed by atoms with van der Waals surface area (Å²) in [5.74, 6) is -0.380. The van der Waals surface area contributed by atoms with Crippen LogP contribution in [0.15, 0.2) is 0 Å². The van der Waals surface area contributed by atoms with Gasteiger partial charge in [0.2, 0.25) is 0 Å². The van der Waals surface area contributed by atoms with Crippen LogP contribution in [0, 0.1) is 0 Å². The third-order valence-electron chi connectivity index (χ3n) is 0.721. The third kappa shape index (κ3) is 6.35. The molecular formula is C5H14NOP. The fraction of sp³-hybridized carbons (Fsp3) is 1.00. The van der Waals surface area contributed by atoms with Crippen molar-refractivity contribution in [1.29, 1.82) is 0 Å². The first-order valence-electron chi connectivity index (χ1n) is 2.61. The van der Waals surface area contributed by atoms with Crippen LogP contribution in [0.4, 0.5) is 0 Å². The van der Waals surface area contributed by atoms with Gasteiger partial charge in [-0.3, -0.25) is 0 Å². The monoisotopic (exact) mass is 135 g/mol. The number of rotatable bonds is 2. The maximum Gasteiger partial charge on any atom is 0.0767 e. The van der Waals surface area contributed by atoms with Crippen LogP contribution in [0.5, 0.6) is 0 Å². The Hall–Kier alpha value is 0.350. The van der Waals surface area contributed by atoms with Crippen molar-refractivity contribution in [3.8, 4) is 0 Å². The van der Waals surface area contributed by atoms with Crippen LogP contribution in [0.3, 0.4) is 0 Å². The predicted octanol–water partition coefficient (Wildman–Crippen LogP) is 0.154. The second kappa shape index (κ2) is 2.77. The van der Waals surface area contributed by atoms with Gasteiger partial charge in [-0.2, -0.15) is 0 Å².